The molecule has 2 rings (SSSR count). The summed E-state index contributed by atoms with van der Waals surface area (Å²) in [7, 11) is 0. The summed E-state index contributed by atoms with van der Waals surface area (Å²) in [6, 6.07) is 5.95. The van der Waals surface area contributed by atoms with Gasteiger partial charge in [-0.1, -0.05) is 32.3 Å². The van der Waals surface area contributed by atoms with E-state index in [1.165, 1.54) is 37.8 Å². The van der Waals surface area contributed by atoms with Crippen LogP contribution in [0.5, 0.6) is 0 Å². The van der Waals surface area contributed by atoms with Crippen LogP contribution in [0.3, 0.4) is 0 Å². The first-order valence-electron chi connectivity index (χ1n) is 7.41. The Morgan fingerprint density at radius 3 is 2.90 bits per heavy atom. The molecule has 0 heterocycles. The number of hydrogen-bond acceptors (Lipinski definition) is 2. The van der Waals surface area contributed by atoms with E-state index in [1.54, 1.807) is 12.1 Å². The zero-order valence-corrected chi connectivity index (χ0v) is 12.0. The second-order valence-electron chi connectivity index (χ2n) is 5.71. The smallest absolute Gasteiger partial charge is 0.238 e. The van der Waals surface area contributed by atoms with E-state index in [1.807, 2.05) is 0 Å². The van der Waals surface area contributed by atoms with Gasteiger partial charge >= 0.3 is 0 Å². The van der Waals surface area contributed by atoms with Crippen molar-refractivity contribution in [2.45, 2.75) is 32.6 Å². The Kier molecular flexibility index (Phi) is 5.53. The zero-order valence-electron chi connectivity index (χ0n) is 12.0. The fraction of sp³-hybridized carbons (Fsp3) is 0.562. The SMILES string of the molecule is CC1CCCCC1CNCC(=O)Nc1cccc(F)c1. The van der Waals surface area contributed by atoms with Crippen molar-refractivity contribution in [3.8, 4) is 0 Å². The minimum Gasteiger partial charge on any atom is -0.325 e. The van der Waals surface area contributed by atoms with Crippen LogP contribution in [0.15, 0.2) is 24.3 Å². The fourth-order valence-corrected chi connectivity index (χ4v) is 2.84. The summed E-state index contributed by atoms with van der Waals surface area (Å²) in [5.74, 6) is 0.944. The Bertz CT molecular complexity index is 450. The van der Waals surface area contributed by atoms with Crippen molar-refractivity contribution >= 4 is 11.6 Å². The van der Waals surface area contributed by atoms with E-state index in [2.05, 4.69) is 17.6 Å². The monoisotopic (exact) mass is 278 g/mol. The molecule has 0 aliphatic heterocycles. The van der Waals surface area contributed by atoms with E-state index < -0.39 is 0 Å². The van der Waals surface area contributed by atoms with Crippen LogP contribution >= 0.6 is 0 Å². The first-order chi connectivity index (χ1) is 9.65. The van der Waals surface area contributed by atoms with Crippen molar-refractivity contribution in [3.05, 3.63) is 30.1 Å². The predicted octanol–water partition coefficient (Wildman–Crippen LogP) is 3.18. The molecule has 1 fully saturated rings. The van der Waals surface area contributed by atoms with Gasteiger partial charge in [0.2, 0.25) is 5.91 Å². The molecule has 0 bridgehead atoms. The second-order valence-corrected chi connectivity index (χ2v) is 5.71. The van der Waals surface area contributed by atoms with Crippen molar-refractivity contribution in [3.63, 3.8) is 0 Å². The fourth-order valence-electron chi connectivity index (χ4n) is 2.84. The number of nitrogens with one attached hydrogen (secondary N) is 2. The summed E-state index contributed by atoms with van der Waals surface area (Å²) < 4.78 is 13.0. The largest absolute Gasteiger partial charge is 0.325 e. The van der Waals surface area contributed by atoms with Crippen LogP contribution in [0.25, 0.3) is 0 Å². The second kappa shape index (κ2) is 7.39. The van der Waals surface area contributed by atoms with Gasteiger partial charge in [0.05, 0.1) is 6.54 Å². The summed E-state index contributed by atoms with van der Waals surface area (Å²) in [6.45, 7) is 3.45. The van der Waals surface area contributed by atoms with Crippen molar-refractivity contribution in [1.29, 1.82) is 0 Å². The highest BCUT2D eigenvalue weighted by molar-refractivity contribution is 5.92. The van der Waals surface area contributed by atoms with E-state index in [0.29, 0.717) is 11.6 Å². The van der Waals surface area contributed by atoms with Crippen molar-refractivity contribution in [1.82, 2.24) is 5.32 Å². The van der Waals surface area contributed by atoms with Crippen molar-refractivity contribution in [2.75, 3.05) is 18.4 Å². The average Bonchev–Trinajstić information content (AvgIpc) is 2.41. The van der Waals surface area contributed by atoms with Gasteiger partial charge in [0.15, 0.2) is 0 Å². The van der Waals surface area contributed by atoms with E-state index in [4.69, 9.17) is 0 Å². The molecule has 2 unspecified atom stereocenters. The zero-order chi connectivity index (χ0) is 14.4. The number of rotatable bonds is 5. The molecule has 0 saturated heterocycles. The maximum Gasteiger partial charge on any atom is 0.238 e. The van der Waals surface area contributed by atoms with Gasteiger partial charge < -0.3 is 10.6 Å². The molecule has 2 atom stereocenters. The Labute approximate surface area is 120 Å². The average molecular weight is 278 g/mol. The van der Waals surface area contributed by atoms with Crippen LogP contribution in [0, 0.1) is 17.7 Å². The predicted molar refractivity (Wildman–Crippen MR) is 79.0 cm³/mol. The van der Waals surface area contributed by atoms with E-state index in [9.17, 15) is 9.18 Å². The van der Waals surface area contributed by atoms with Gasteiger partial charge in [0.25, 0.3) is 0 Å². The lowest BCUT2D eigenvalue weighted by Gasteiger charge is -2.28. The Morgan fingerprint density at radius 1 is 1.35 bits per heavy atom. The van der Waals surface area contributed by atoms with Crippen LogP contribution in [0.2, 0.25) is 0 Å². The topological polar surface area (TPSA) is 41.1 Å². The lowest BCUT2D eigenvalue weighted by Crippen LogP contribution is -2.34. The first-order valence-corrected chi connectivity index (χ1v) is 7.41. The molecule has 1 aliphatic carbocycles. The third kappa shape index (κ3) is 4.60. The van der Waals surface area contributed by atoms with Gasteiger partial charge in [-0.05, 0) is 43.0 Å². The molecule has 0 spiro atoms. The molecule has 1 amide bonds. The van der Waals surface area contributed by atoms with Gasteiger partial charge in [-0.2, -0.15) is 0 Å². The number of amides is 1. The molecule has 110 valence electrons. The molecule has 1 saturated carbocycles. The highest BCUT2D eigenvalue weighted by Gasteiger charge is 2.20. The molecule has 20 heavy (non-hydrogen) atoms. The maximum atomic E-state index is 13.0. The molecule has 0 radical (unpaired) electrons. The van der Waals surface area contributed by atoms with E-state index in [0.717, 1.165) is 12.5 Å². The molecule has 1 aromatic carbocycles. The van der Waals surface area contributed by atoms with E-state index in [-0.39, 0.29) is 18.3 Å². The summed E-state index contributed by atoms with van der Waals surface area (Å²) in [4.78, 5) is 11.8. The van der Waals surface area contributed by atoms with Crippen LogP contribution in [-0.2, 0) is 4.79 Å². The summed E-state index contributed by atoms with van der Waals surface area (Å²) >= 11 is 0. The van der Waals surface area contributed by atoms with Gasteiger partial charge in [0, 0.05) is 5.69 Å². The molecule has 3 nitrogen and oxygen atoms in total. The third-order valence-electron chi connectivity index (χ3n) is 4.09. The normalized spacial score (nSPS) is 22.5. The van der Waals surface area contributed by atoms with Crippen LogP contribution in [-0.4, -0.2) is 19.0 Å². The lowest BCUT2D eigenvalue weighted by molar-refractivity contribution is -0.115. The van der Waals surface area contributed by atoms with Crippen LogP contribution in [0.4, 0.5) is 10.1 Å². The lowest BCUT2D eigenvalue weighted by atomic mass is 9.80. The minimum atomic E-state index is -0.341. The molecule has 1 aromatic rings. The molecule has 0 aromatic heterocycles. The Balaban J connectivity index is 1.70. The van der Waals surface area contributed by atoms with Crippen LogP contribution in [0.1, 0.15) is 32.6 Å². The highest BCUT2D eigenvalue weighted by Crippen LogP contribution is 2.28. The summed E-state index contributed by atoms with van der Waals surface area (Å²) in [5.41, 5.74) is 0.503. The summed E-state index contributed by atoms with van der Waals surface area (Å²) in [5, 5.41) is 5.90. The quantitative estimate of drug-likeness (QED) is 0.868. The van der Waals surface area contributed by atoms with Gasteiger partial charge in [-0.3, -0.25) is 4.79 Å². The maximum absolute atomic E-state index is 13.0. The van der Waals surface area contributed by atoms with Gasteiger partial charge in [-0.15, -0.1) is 0 Å². The standard InChI is InChI=1S/C16H23FN2O/c1-12-5-2-3-6-13(12)10-18-11-16(20)19-15-8-4-7-14(17)9-15/h4,7-9,12-13,18H,2-3,5-6,10-11H2,1H3,(H,19,20). The number of hydrogen-bond donors (Lipinski definition) is 2. The van der Waals surface area contributed by atoms with Crippen molar-refractivity contribution < 1.29 is 9.18 Å². The third-order valence-corrected chi connectivity index (χ3v) is 4.09. The number of benzene rings is 1. The number of carbonyl (C=O) groups excluding carboxylic acids is 1. The van der Waals surface area contributed by atoms with Crippen LogP contribution < -0.4 is 10.6 Å². The Hall–Kier alpha value is -1.42. The molecule has 1 aliphatic rings. The highest BCUT2D eigenvalue weighted by atomic mass is 19.1. The molecule has 2 N–H and O–H groups in total. The van der Waals surface area contributed by atoms with Gasteiger partial charge in [-0.25, -0.2) is 4.39 Å². The molecule has 4 heteroatoms. The minimum absolute atomic E-state index is 0.126. The van der Waals surface area contributed by atoms with Gasteiger partial charge in [0.1, 0.15) is 5.82 Å². The molecular formula is C16H23FN2O. The van der Waals surface area contributed by atoms with E-state index >= 15 is 0 Å². The number of halogens is 1. The summed E-state index contributed by atoms with van der Waals surface area (Å²) in [6.07, 6.45) is 5.17. The number of carbonyl (C=O) groups is 1. The van der Waals surface area contributed by atoms with Crippen molar-refractivity contribution in [2.24, 2.45) is 11.8 Å². The molecular weight excluding hydrogens is 255 g/mol. The number of anilines is 1. The first kappa shape index (κ1) is 15.0. The Morgan fingerprint density at radius 2 is 2.15 bits per heavy atom.